The first-order chi connectivity index (χ1) is 12.2. The third-order valence-electron chi connectivity index (χ3n) is 5.76. The van der Waals surface area contributed by atoms with Gasteiger partial charge in [-0.2, -0.15) is 0 Å². The number of carbonyl (C=O) groups is 2. The molecule has 26 heavy (non-hydrogen) atoms. The Kier molecular flexibility index (Phi) is 3.74. The van der Waals surface area contributed by atoms with Crippen LogP contribution in [0.15, 0.2) is 30.0 Å². The van der Waals surface area contributed by atoms with Gasteiger partial charge in [0.15, 0.2) is 5.78 Å². The maximum absolute atomic E-state index is 13.5. The van der Waals surface area contributed by atoms with Crippen molar-refractivity contribution >= 4 is 11.7 Å². The van der Waals surface area contributed by atoms with E-state index in [0.717, 1.165) is 11.1 Å². The minimum Gasteiger partial charge on any atom is -0.396 e. The Bertz CT molecular complexity index is 832. The van der Waals surface area contributed by atoms with Crippen LogP contribution in [0.3, 0.4) is 0 Å². The van der Waals surface area contributed by atoms with Crippen LogP contribution in [0.1, 0.15) is 37.3 Å². The van der Waals surface area contributed by atoms with E-state index in [9.17, 15) is 14.0 Å². The molecule has 0 saturated carbocycles. The summed E-state index contributed by atoms with van der Waals surface area (Å²) in [6.45, 7) is 4.95. The molecule has 1 aromatic rings. The molecule has 3 aliphatic rings. The van der Waals surface area contributed by atoms with Crippen LogP contribution in [-0.4, -0.2) is 41.9 Å². The highest BCUT2D eigenvalue weighted by Crippen LogP contribution is 2.42. The minimum atomic E-state index is -0.732. The van der Waals surface area contributed by atoms with Crippen LogP contribution in [0.4, 0.5) is 4.39 Å². The van der Waals surface area contributed by atoms with E-state index in [1.807, 2.05) is 13.8 Å². The van der Waals surface area contributed by atoms with Gasteiger partial charge >= 0.3 is 0 Å². The first-order valence-electron chi connectivity index (χ1n) is 8.95. The van der Waals surface area contributed by atoms with Crippen molar-refractivity contribution in [3.8, 4) is 0 Å². The number of carbonyl (C=O) groups excluding carboxylic acids is 2. The zero-order chi connectivity index (χ0) is 18.7. The molecule has 0 radical (unpaired) electrons. The lowest BCUT2D eigenvalue weighted by atomic mass is 9.70. The second kappa shape index (κ2) is 5.64. The predicted molar refractivity (Wildman–Crippen MR) is 93.8 cm³/mol. The van der Waals surface area contributed by atoms with Gasteiger partial charge in [-0.3, -0.25) is 9.59 Å². The van der Waals surface area contributed by atoms with Crippen molar-refractivity contribution in [3.05, 3.63) is 46.9 Å². The number of nitrogens with two attached hydrogens (primary N) is 1. The zero-order valence-electron chi connectivity index (χ0n) is 15.0. The highest BCUT2D eigenvalue weighted by molar-refractivity contribution is 6.00. The summed E-state index contributed by atoms with van der Waals surface area (Å²) in [6.07, 6.45) is 2.80. The van der Waals surface area contributed by atoms with Crippen LogP contribution in [0.25, 0.3) is 0 Å². The van der Waals surface area contributed by atoms with Crippen LogP contribution in [0, 0.1) is 11.2 Å². The van der Waals surface area contributed by atoms with Gasteiger partial charge in [0.2, 0.25) is 5.91 Å². The third kappa shape index (κ3) is 2.63. The maximum Gasteiger partial charge on any atom is 0.230 e. The number of ketones is 1. The summed E-state index contributed by atoms with van der Waals surface area (Å²) in [6, 6.07) is 4.63. The molecular weight excluding hydrogens is 335 g/mol. The molecule has 1 amide bonds. The molecule has 1 spiro atoms. The highest BCUT2D eigenvalue weighted by Gasteiger charge is 2.49. The van der Waals surface area contributed by atoms with Crippen LogP contribution in [0.2, 0.25) is 0 Å². The average molecular weight is 358 g/mol. The fourth-order valence-corrected chi connectivity index (χ4v) is 4.52. The quantitative estimate of drug-likeness (QED) is 0.832. The number of nitrogens with zero attached hydrogens (tertiary/aromatic N) is 1. The molecule has 2 unspecified atom stereocenters. The van der Waals surface area contributed by atoms with E-state index in [1.165, 1.54) is 12.1 Å². The number of allylic oxidation sites excluding steroid dienone is 1. The van der Waals surface area contributed by atoms with E-state index in [4.69, 9.17) is 10.5 Å². The summed E-state index contributed by atoms with van der Waals surface area (Å²) >= 11 is 0. The molecular formula is C20H23FN2O3. The Labute approximate surface area is 152 Å². The van der Waals surface area contributed by atoms with Gasteiger partial charge in [0.05, 0.1) is 24.8 Å². The van der Waals surface area contributed by atoms with Crippen LogP contribution < -0.4 is 5.73 Å². The standard InChI is InChI=1S/C20H23FN2O3/c1-19(2)10-20(9-16(22)17(19)24)11-23(5-6-26-20)18(25)15-7-12-3-4-13(21)8-14(12)15/h3-4,8-9,15H,5-7,10-11,22H2,1-2H3. The Balaban J connectivity index is 1.56. The van der Waals surface area contributed by atoms with Crippen molar-refractivity contribution in [3.63, 3.8) is 0 Å². The average Bonchev–Trinajstić information content (AvgIpc) is 2.55. The zero-order valence-corrected chi connectivity index (χ0v) is 15.0. The van der Waals surface area contributed by atoms with Crippen molar-refractivity contribution in [2.24, 2.45) is 11.1 Å². The number of rotatable bonds is 1. The monoisotopic (exact) mass is 358 g/mol. The summed E-state index contributed by atoms with van der Waals surface area (Å²) in [5.74, 6) is -0.704. The summed E-state index contributed by atoms with van der Waals surface area (Å²) in [5, 5.41) is 0. The minimum absolute atomic E-state index is 0.00699. The molecule has 138 valence electrons. The topological polar surface area (TPSA) is 72.6 Å². The van der Waals surface area contributed by atoms with E-state index in [2.05, 4.69) is 0 Å². The van der Waals surface area contributed by atoms with Gasteiger partial charge in [-0.05, 0) is 42.2 Å². The van der Waals surface area contributed by atoms with Gasteiger partial charge in [0.1, 0.15) is 11.4 Å². The number of benzene rings is 1. The number of hydrogen-bond donors (Lipinski definition) is 1. The second-order valence-electron chi connectivity index (χ2n) is 8.26. The molecule has 0 bridgehead atoms. The molecule has 0 aromatic heterocycles. The molecule has 1 fully saturated rings. The van der Waals surface area contributed by atoms with Crippen molar-refractivity contribution in [2.45, 2.75) is 38.2 Å². The Morgan fingerprint density at radius 2 is 2.15 bits per heavy atom. The molecule has 6 heteroatoms. The van der Waals surface area contributed by atoms with Gasteiger partial charge < -0.3 is 15.4 Å². The molecule has 2 atom stereocenters. The molecule has 1 aliphatic heterocycles. The SMILES string of the molecule is CC1(C)CC2(C=C(N)C1=O)CN(C(=O)C1Cc3ccc(F)cc31)CCO2. The number of fused-ring (bicyclic) bond motifs is 1. The highest BCUT2D eigenvalue weighted by atomic mass is 19.1. The smallest absolute Gasteiger partial charge is 0.230 e. The lowest BCUT2D eigenvalue weighted by Crippen LogP contribution is -2.58. The number of ether oxygens (including phenoxy) is 1. The Morgan fingerprint density at radius 3 is 2.88 bits per heavy atom. The third-order valence-corrected chi connectivity index (χ3v) is 5.76. The largest absolute Gasteiger partial charge is 0.396 e. The van der Waals surface area contributed by atoms with Crippen molar-refractivity contribution in [1.29, 1.82) is 0 Å². The van der Waals surface area contributed by atoms with Gasteiger partial charge in [0, 0.05) is 12.0 Å². The van der Waals surface area contributed by atoms with Crippen LogP contribution in [-0.2, 0) is 20.7 Å². The molecule has 2 aliphatic carbocycles. The summed E-state index contributed by atoms with van der Waals surface area (Å²) < 4.78 is 19.5. The van der Waals surface area contributed by atoms with Gasteiger partial charge in [-0.25, -0.2) is 4.39 Å². The summed E-state index contributed by atoms with van der Waals surface area (Å²) in [7, 11) is 0. The molecule has 4 rings (SSSR count). The summed E-state index contributed by atoms with van der Waals surface area (Å²) in [4.78, 5) is 27.0. The fourth-order valence-electron chi connectivity index (χ4n) is 4.52. The first kappa shape index (κ1) is 17.2. The lowest BCUT2D eigenvalue weighted by Gasteiger charge is -2.48. The van der Waals surface area contributed by atoms with Crippen LogP contribution in [0.5, 0.6) is 0 Å². The first-order valence-corrected chi connectivity index (χ1v) is 8.95. The number of hydrogen-bond acceptors (Lipinski definition) is 4. The summed E-state index contributed by atoms with van der Waals surface area (Å²) in [5.41, 5.74) is 6.60. The van der Waals surface area contributed by atoms with E-state index >= 15 is 0 Å². The number of morpholine rings is 1. The van der Waals surface area contributed by atoms with E-state index in [1.54, 1.807) is 17.0 Å². The molecule has 1 aromatic carbocycles. The normalized spacial score (nSPS) is 29.8. The van der Waals surface area contributed by atoms with Crippen molar-refractivity contribution in [2.75, 3.05) is 19.7 Å². The van der Waals surface area contributed by atoms with E-state index in [-0.39, 0.29) is 29.1 Å². The lowest BCUT2D eigenvalue weighted by molar-refractivity contribution is -0.153. The molecule has 2 N–H and O–H groups in total. The Morgan fingerprint density at radius 1 is 1.38 bits per heavy atom. The van der Waals surface area contributed by atoms with E-state index in [0.29, 0.717) is 32.5 Å². The predicted octanol–water partition coefficient (Wildman–Crippen LogP) is 1.90. The second-order valence-corrected chi connectivity index (χ2v) is 8.26. The molecule has 5 nitrogen and oxygen atoms in total. The van der Waals surface area contributed by atoms with Gasteiger partial charge in [-0.1, -0.05) is 19.9 Å². The number of Topliss-reactive ketones (excluding diaryl/α,β-unsaturated/α-hetero) is 1. The van der Waals surface area contributed by atoms with Crippen molar-refractivity contribution in [1.82, 2.24) is 4.90 Å². The van der Waals surface area contributed by atoms with Gasteiger partial charge in [0.25, 0.3) is 0 Å². The molecule has 1 saturated heterocycles. The maximum atomic E-state index is 13.5. The van der Waals surface area contributed by atoms with Gasteiger partial charge in [-0.15, -0.1) is 0 Å². The fraction of sp³-hybridized carbons (Fsp3) is 0.500. The van der Waals surface area contributed by atoms with E-state index < -0.39 is 11.0 Å². The van der Waals surface area contributed by atoms with Crippen LogP contribution >= 0.6 is 0 Å². The molecule has 1 heterocycles. The Hall–Kier alpha value is -2.21. The number of halogens is 1. The number of amides is 1. The van der Waals surface area contributed by atoms with Crippen molar-refractivity contribution < 1.29 is 18.7 Å².